The second-order valence-corrected chi connectivity index (χ2v) is 8.20. The number of carbonyl (C=O) groups is 1. The van der Waals surface area contributed by atoms with Crippen molar-refractivity contribution in [3.8, 4) is 6.07 Å². The van der Waals surface area contributed by atoms with Gasteiger partial charge < -0.3 is 5.32 Å². The summed E-state index contributed by atoms with van der Waals surface area (Å²) in [4.78, 5) is 12.9. The maximum absolute atomic E-state index is 12.9. The number of rotatable bonds is 3. The van der Waals surface area contributed by atoms with Crippen molar-refractivity contribution in [3.05, 3.63) is 74.9 Å². The molecule has 3 nitrogen and oxygen atoms in total. The smallest absolute Gasteiger partial charge is 0.255 e. The van der Waals surface area contributed by atoms with Crippen LogP contribution >= 0.6 is 15.9 Å². The maximum atomic E-state index is 12.9. The highest BCUT2D eigenvalue weighted by Gasteiger charge is 2.25. The summed E-state index contributed by atoms with van der Waals surface area (Å²) >= 11 is 3.46. The Labute approximate surface area is 163 Å². The van der Waals surface area contributed by atoms with Crippen LogP contribution in [0.15, 0.2) is 52.6 Å². The van der Waals surface area contributed by atoms with Crippen LogP contribution in [0.2, 0.25) is 0 Å². The molecule has 0 aliphatic rings. The molecule has 0 spiro atoms. The summed E-state index contributed by atoms with van der Waals surface area (Å²) in [5, 5.41) is 12.8. The molecular weight excluding hydrogens is 388 g/mol. The molecule has 4 heteroatoms. The van der Waals surface area contributed by atoms with Crippen LogP contribution in [0.4, 0.5) is 0 Å². The molecule has 1 N–H and O–H groups in total. The van der Waals surface area contributed by atoms with Gasteiger partial charge in [0, 0.05) is 21.1 Å². The minimum atomic E-state index is -0.398. The molecule has 26 heavy (non-hydrogen) atoms. The third kappa shape index (κ3) is 4.42. The molecule has 2 aromatic rings. The minimum Gasteiger partial charge on any atom is -0.324 e. The lowest BCUT2D eigenvalue weighted by Crippen LogP contribution is -2.31. The molecule has 0 bridgehead atoms. The number of allylic oxidation sites excluding steroid dienone is 2. The van der Waals surface area contributed by atoms with Crippen LogP contribution < -0.4 is 5.32 Å². The molecule has 0 atom stereocenters. The lowest BCUT2D eigenvalue weighted by atomic mass is 9.86. The van der Waals surface area contributed by atoms with E-state index in [1.165, 1.54) is 0 Å². The standard InChI is InChI=1S/C22H23BrN2O/c1-14-8-6-9-16(12-14)18(13-24)20(22(3,4)5)25-21(26)17-10-7-11-19(23)15(17)2/h6-12H,1-5H3,(H,25,26)/b20-18-. The summed E-state index contributed by atoms with van der Waals surface area (Å²) in [6, 6.07) is 15.6. The molecular formula is C22H23BrN2O. The van der Waals surface area contributed by atoms with Gasteiger partial charge in [-0.2, -0.15) is 5.26 Å². The number of halogens is 1. The van der Waals surface area contributed by atoms with Gasteiger partial charge in [0.15, 0.2) is 0 Å². The van der Waals surface area contributed by atoms with Gasteiger partial charge in [-0.05, 0) is 37.1 Å². The van der Waals surface area contributed by atoms with Gasteiger partial charge in [-0.3, -0.25) is 4.79 Å². The van der Waals surface area contributed by atoms with Crippen LogP contribution in [0, 0.1) is 30.6 Å². The molecule has 0 radical (unpaired) electrons. The number of amides is 1. The molecule has 0 saturated heterocycles. The van der Waals surface area contributed by atoms with Gasteiger partial charge in [0.25, 0.3) is 5.91 Å². The lowest BCUT2D eigenvalue weighted by Gasteiger charge is -2.26. The van der Waals surface area contributed by atoms with Gasteiger partial charge in [0.1, 0.15) is 6.07 Å². The fourth-order valence-corrected chi connectivity index (χ4v) is 3.09. The number of nitrogens with one attached hydrogen (secondary N) is 1. The number of benzene rings is 2. The number of nitrogens with zero attached hydrogens (tertiary/aromatic N) is 1. The molecule has 0 saturated carbocycles. The van der Waals surface area contributed by atoms with E-state index < -0.39 is 5.41 Å². The third-order valence-electron chi connectivity index (χ3n) is 4.17. The van der Waals surface area contributed by atoms with Crippen LogP contribution in [0.1, 0.15) is 47.8 Å². The second-order valence-electron chi connectivity index (χ2n) is 7.35. The molecule has 134 valence electrons. The summed E-state index contributed by atoms with van der Waals surface area (Å²) in [5.74, 6) is -0.214. The predicted molar refractivity (Wildman–Crippen MR) is 110 cm³/mol. The highest BCUT2D eigenvalue weighted by molar-refractivity contribution is 9.10. The van der Waals surface area contributed by atoms with E-state index in [1.807, 2.05) is 71.0 Å². The van der Waals surface area contributed by atoms with Crippen LogP contribution in [-0.2, 0) is 0 Å². The number of carbonyl (C=O) groups excluding carboxylic acids is 1. The molecule has 0 aliphatic carbocycles. The van der Waals surface area contributed by atoms with E-state index >= 15 is 0 Å². The van der Waals surface area contributed by atoms with Crippen molar-refractivity contribution in [1.82, 2.24) is 5.32 Å². The molecule has 0 aliphatic heterocycles. The Morgan fingerprint density at radius 2 is 1.77 bits per heavy atom. The highest BCUT2D eigenvalue weighted by Crippen LogP contribution is 2.31. The van der Waals surface area contributed by atoms with E-state index in [1.54, 1.807) is 6.07 Å². The van der Waals surface area contributed by atoms with Gasteiger partial charge >= 0.3 is 0 Å². The van der Waals surface area contributed by atoms with Crippen LogP contribution in [0.25, 0.3) is 5.57 Å². The molecule has 0 fully saturated rings. The Morgan fingerprint density at radius 3 is 2.35 bits per heavy atom. The average molecular weight is 411 g/mol. The van der Waals surface area contributed by atoms with E-state index in [-0.39, 0.29) is 5.91 Å². The molecule has 2 rings (SSSR count). The topological polar surface area (TPSA) is 52.9 Å². The van der Waals surface area contributed by atoms with Gasteiger partial charge in [0.05, 0.1) is 5.57 Å². The first-order chi connectivity index (χ1) is 12.1. The number of hydrogen-bond donors (Lipinski definition) is 1. The first-order valence-electron chi connectivity index (χ1n) is 8.43. The Morgan fingerprint density at radius 1 is 1.12 bits per heavy atom. The van der Waals surface area contributed by atoms with Crippen molar-refractivity contribution in [2.45, 2.75) is 34.6 Å². The third-order valence-corrected chi connectivity index (χ3v) is 5.03. The summed E-state index contributed by atoms with van der Waals surface area (Å²) in [5.41, 5.74) is 4.04. The van der Waals surface area contributed by atoms with Crippen molar-refractivity contribution in [1.29, 1.82) is 5.26 Å². The fourth-order valence-electron chi connectivity index (χ4n) is 2.72. The zero-order valence-electron chi connectivity index (χ0n) is 15.8. The normalized spacial score (nSPS) is 12.2. The summed E-state index contributed by atoms with van der Waals surface area (Å²) in [6.07, 6.45) is 0. The maximum Gasteiger partial charge on any atom is 0.255 e. The predicted octanol–water partition coefficient (Wildman–Crippen LogP) is 5.78. The van der Waals surface area contributed by atoms with Crippen LogP contribution in [-0.4, -0.2) is 5.91 Å². The highest BCUT2D eigenvalue weighted by atomic mass is 79.9. The quantitative estimate of drug-likeness (QED) is 0.652. The van der Waals surface area contributed by atoms with Gasteiger partial charge in [-0.1, -0.05) is 72.6 Å². The fraction of sp³-hybridized carbons (Fsp3) is 0.273. The van der Waals surface area contributed by atoms with E-state index in [4.69, 9.17) is 0 Å². The minimum absolute atomic E-state index is 0.214. The van der Waals surface area contributed by atoms with Gasteiger partial charge in [0.2, 0.25) is 0 Å². The monoisotopic (exact) mass is 410 g/mol. The Kier molecular flexibility index (Phi) is 6.05. The van der Waals surface area contributed by atoms with Gasteiger partial charge in [-0.15, -0.1) is 0 Å². The Hall–Kier alpha value is -2.38. The van der Waals surface area contributed by atoms with E-state index in [9.17, 15) is 10.1 Å². The average Bonchev–Trinajstić information content (AvgIpc) is 2.56. The van der Waals surface area contributed by atoms with Crippen molar-refractivity contribution < 1.29 is 4.79 Å². The van der Waals surface area contributed by atoms with Crippen molar-refractivity contribution in [2.24, 2.45) is 5.41 Å². The Balaban J connectivity index is 2.56. The molecule has 0 heterocycles. The van der Waals surface area contributed by atoms with Crippen LogP contribution in [0.3, 0.4) is 0 Å². The van der Waals surface area contributed by atoms with E-state index in [0.29, 0.717) is 16.8 Å². The van der Waals surface area contributed by atoms with E-state index in [2.05, 4.69) is 27.3 Å². The summed E-state index contributed by atoms with van der Waals surface area (Å²) in [6.45, 7) is 9.85. The summed E-state index contributed by atoms with van der Waals surface area (Å²) < 4.78 is 0.880. The van der Waals surface area contributed by atoms with Gasteiger partial charge in [-0.25, -0.2) is 0 Å². The molecule has 0 unspecified atom stereocenters. The zero-order chi connectivity index (χ0) is 19.5. The molecule has 1 amide bonds. The Bertz CT molecular complexity index is 914. The lowest BCUT2D eigenvalue weighted by molar-refractivity contribution is 0.0957. The van der Waals surface area contributed by atoms with Crippen molar-refractivity contribution in [3.63, 3.8) is 0 Å². The first-order valence-corrected chi connectivity index (χ1v) is 9.23. The first kappa shape index (κ1) is 19.9. The SMILES string of the molecule is Cc1cccc(/C(C#N)=C(\NC(=O)c2cccc(Br)c2C)C(C)(C)C)c1. The summed E-state index contributed by atoms with van der Waals surface area (Å²) in [7, 11) is 0. The molecule has 2 aromatic carbocycles. The van der Waals surface area contributed by atoms with Crippen LogP contribution in [0.5, 0.6) is 0 Å². The zero-order valence-corrected chi connectivity index (χ0v) is 17.4. The number of hydrogen-bond acceptors (Lipinski definition) is 2. The van der Waals surface area contributed by atoms with E-state index in [0.717, 1.165) is 21.2 Å². The van der Waals surface area contributed by atoms with Crippen molar-refractivity contribution >= 4 is 27.4 Å². The molecule has 0 aromatic heterocycles. The number of nitriles is 1. The second kappa shape index (κ2) is 7.88. The number of aryl methyl sites for hydroxylation is 1. The largest absolute Gasteiger partial charge is 0.324 e. The van der Waals surface area contributed by atoms with Crippen molar-refractivity contribution in [2.75, 3.05) is 0 Å².